The molecule has 1 fully saturated rings. The highest BCUT2D eigenvalue weighted by Crippen LogP contribution is 2.36. The van der Waals surface area contributed by atoms with E-state index >= 15 is 0 Å². The van der Waals surface area contributed by atoms with Crippen molar-refractivity contribution in [2.45, 2.75) is 66.9 Å². The van der Waals surface area contributed by atoms with E-state index in [0.717, 1.165) is 12.8 Å². The van der Waals surface area contributed by atoms with Crippen molar-refractivity contribution in [3.63, 3.8) is 0 Å². The van der Waals surface area contributed by atoms with Gasteiger partial charge in [0.05, 0.1) is 0 Å². The molecule has 4 unspecified atom stereocenters. The van der Waals surface area contributed by atoms with Crippen molar-refractivity contribution in [3.05, 3.63) is 0 Å². The van der Waals surface area contributed by atoms with Crippen LogP contribution >= 0.6 is 0 Å². The van der Waals surface area contributed by atoms with E-state index in [4.69, 9.17) is 4.74 Å². The monoisotopic (exact) mass is 282 g/mol. The lowest BCUT2D eigenvalue weighted by molar-refractivity contribution is -0.164. The first kappa shape index (κ1) is 17.2. The minimum atomic E-state index is -0.611. The van der Waals surface area contributed by atoms with Gasteiger partial charge in [0.1, 0.15) is 17.8 Å². The molecule has 4 atom stereocenters. The van der Waals surface area contributed by atoms with Crippen LogP contribution < -0.4 is 0 Å². The summed E-state index contributed by atoms with van der Waals surface area (Å²) in [6.07, 6.45) is 3.23. The third-order valence-corrected chi connectivity index (χ3v) is 4.59. The molecule has 0 spiro atoms. The van der Waals surface area contributed by atoms with Gasteiger partial charge in [0.15, 0.2) is 0 Å². The smallest absolute Gasteiger partial charge is 0.317 e. The maximum absolute atomic E-state index is 12.3. The van der Waals surface area contributed by atoms with Gasteiger partial charge in [-0.25, -0.2) is 0 Å². The Hall–Kier alpha value is -0.860. The molecule has 3 heteroatoms. The summed E-state index contributed by atoms with van der Waals surface area (Å²) in [6, 6.07) is 0. The molecule has 116 valence electrons. The van der Waals surface area contributed by atoms with Gasteiger partial charge >= 0.3 is 5.97 Å². The summed E-state index contributed by atoms with van der Waals surface area (Å²) in [6.45, 7) is 11.9. The van der Waals surface area contributed by atoms with Gasteiger partial charge in [0, 0.05) is 0 Å². The zero-order chi connectivity index (χ0) is 15.4. The molecular weight excluding hydrogens is 252 g/mol. The zero-order valence-electron chi connectivity index (χ0n) is 13.8. The average Bonchev–Trinajstić information content (AvgIpc) is 2.26. The maximum Gasteiger partial charge on any atom is 0.317 e. The Morgan fingerprint density at radius 1 is 1.10 bits per heavy atom. The molecule has 0 N–H and O–H groups in total. The predicted octanol–water partition coefficient (Wildman–Crippen LogP) is 3.85. The standard InChI is InChI=1S/C17H30O3/c1-10(2)14-8-7-12(5)9-15(14)20-17(19)16(11(3)4)13(6)18/h10-12,14-16H,7-9H2,1-6H3. The van der Waals surface area contributed by atoms with Crippen molar-refractivity contribution >= 4 is 11.8 Å². The number of ketones is 1. The highest BCUT2D eigenvalue weighted by Gasteiger charge is 2.36. The van der Waals surface area contributed by atoms with E-state index in [2.05, 4.69) is 20.8 Å². The zero-order valence-corrected chi connectivity index (χ0v) is 13.8. The third-order valence-electron chi connectivity index (χ3n) is 4.59. The van der Waals surface area contributed by atoms with Crippen LogP contribution in [0.1, 0.15) is 60.8 Å². The lowest BCUT2D eigenvalue weighted by Gasteiger charge is -2.37. The summed E-state index contributed by atoms with van der Waals surface area (Å²) in [7, 11) is 0. The van der Waals surface area contributed by atoms with Crippen LogP contribution in [0.2, 0.25) is 0 Å². The number of carbonyl (C=O) groups excluding carboxylic acids is 2. The first-order valence-electron chi connectivity index (χ1n) is 7.95. The Kier molecular flexibility index (Phi) is 6.22. The topological polar surface area (TPSA) is 43.4 Å². The minimum absolute atomic E-state index is 0.00138. The summed E-state index contributed by atoms with van der Waals surface area (Å²) in [5, 5.41) is 0. The lowest BCUT2D eigenvalue weighted by atomic mass is 9.75. The van der Waals surface area contributed by atoms with Crippen molar-refractivity contribution in [3.8, 4) is 0 Å². The normalized spacial score (nSPS) is 28.5. The van der Waals surface area contributed by atoms with Crippen LogP contribution in [0.5, 0.6) is 0 Å². The number of carbonyl (C=O) groups is 2. The van der Waals surface area contributed by atoms with Crippen LogP contribution in [-0.4, -0.2) is 17.9 Å². The molecular formula is C17H30O3. The van der Waals surface area contributed by atoms with Gasteiger partial charge in [-0.3, -0.25) is 9.59 Å². The molecule has 0 amide bonds. The van der Waals surface area contributed by atoms with Crippen molar-refractivity contribution < 1.29 is 14.3 Å². The van der Waals surface area contributed by atoms with Crippen LogP contribution in [0.3, 0.4) is 0 Å². The Morgan fingerprint density at radius 2 is 1.70 bits per heavy atom. The largest absolute Gasteiger partial charge is 0.462 e. The van der Waals surface area contributed by atoms with Gasteiger partial charge in [-0.2, -0.15) is 0 Å². The summed E-state index contributed by atoms with van der Waals surface area (Å²) in [5.74, 6) is 0.508. The highest BCUT2D eigenvalue weighted by atomic mass is 16.5. The number of hydrogen-bond donors (Lipinski definition) is 0. The van der Waals surface area contributed by atoms with Crippen LogP contribution in [0.4, 0.5) is 0 Å². The summed E-state index contributed by atoms with van der Waals surface area (Å²) in [4.78, 5) is 24.0. The third kappa shape index (κ3) is 4.32. The molecule has 1 aliphatic carbocycles. The SMILES string of the molecule is CC(=O)C(C(=O)OC1CC(C)CCC1C(C)C)C(C)C. The lowest BCUT2D eigenvalue weighted by Crippen LogP contribution is -2.39. The average molecular weight is 282 g/mol. The second-order valence-electron chi connectivity index (χ2n) is 7.13. The Bertz CT molecular complexity index is 346. The van der Waals surface area contributed by atoms with Crippen LogP contribution in [0, 0.1) is 29.6 Å². The van der Waals surface area contributed by atoms with Gasteiger partial charge < -0.3 is 4.74 Å². The summed E-state index contributed by atoms with van der Waals surface area (Å²) >= 11 is 0. The van der Waals surface area contributed by atoms with E-state index in [1.807, 2.05) is 13.8 Å². The first-order valence-corrected chi connectivity index (χ1v) is 7.95. The van der Waals surface area contributed by atoms with E-state index in [1.54, 1.807) is 0 Å². The van der Waals surface area contributed by atoms with Crippen molar-refractivity contribution in [2.24, 2.45) is 29.6 Å². The van der Waals surface area contributed by atoms with E-state index in [9.17, 15) is 9.59 Å². The molecule has 0 aliphatic heterocycles. The molecule has 3 nitrogen and oxygen atoms in total. The molecule has 0 heterocycles. The van der Waals surface area contributed by atoms with E-state index in [0.29, 0.717) is 17.8 Å². The maximum atomic E-state index is 12.3. The van der Waals surface area contributed by atoms with E-state index in [-0.39, 0.29) is 23.8 Å². The Morgan fingerprint density at radius 3 is 2.15 bits per heavy atom. The molecule has 0 saturated heterocycles. The Balaban J connectivity index is 2.76. The number of esters is 1. The van der Waals surface area contributed by atoms with E-state index < -0.39 is 5.92 Å². The van der Waals surface area contributed by atoms with Crippen molar-refractivity contribution in [1.82, 2.24) is 0 Å². The molecule has 1 saturated carbocycles. The molecule has 0 aromatic carbocycles. The fraction of sp³-hybridized carbons (Fsp3) is 0.882. The molecule has 0 aromatic rings. The van der Waals surface area contributed by atoms with Gasteiger partial charge in [-0.1, -0.05) is 41.0 Å². The fourth-order valence-electron chi connectivity index (χ4n) is 3.38. The minimum Gasteiger partial charge on any atom is -0.462 e. The molecule has 1 rings (SSSR count). The number of Topliss-reactive ketones (excluding diaryl/α,β-unsaturated/α-hetero) is 1. The fourth-order valence-corrected chi connectivity index (χ4v) is 3.38. The van der Waals surface area contributed by atoms with Gasteiger partial charge in [-0.15, -0.1) is 0 Å². The second kappa shape index (κ2) is 7.24. The molecule has 0 radical (unpaired) electrons. The van der Waals surface area contributed by atoms with Gasteiger partial charge in [0.2, 0.25) is 0 Å². The van der Waals surface area contributed by atoms with Gasteiger partial charge in [0.25, 0.3) is 0 Å². The second-order valence-corrected chi connectivity index (χ2v) is 7.13. The van der Waals surface area contributed by atoms with E-state index in [1.165, 1.54) is 13.3 Å². The number of ether oxygens (including phenoxy) is 1. The quantitative estimate of drug-likeness (QED) is 0.568. The summed E-state index contributed by atoms with van der Waals surface area (Å²) < 4.78 is 5.76. The summed E-state index contributed by atoms with van der Waals surface area (Å²) in [5.41, 5.74) is 0. The van der Waals surface area contributed by atoms with Crippen LogP contribution in [0.15, 0.2) is 0 Å². The van der Waals surface area contributed by atoms with Gasteiger partial charge in [-0.05, 0) is 43.4 Å². The highest BCUT2D eigenvalue weighted by molar-refractivity contribution is 5.98. The Labute approximate surface area is 123 Å². The molecule has 1 aliphatic rings. The molecule has 0 bridgehead atoms. The van der Waals surface area contributed by atoms with Crippen LogP contribution in [-0.2, 0) is 14.3 Å². The molecule has 20 heavy (non-hydrogen) atoms. The first-order chi connectivity index (χ1) is 9.23. The number of rotatable bonds is 5. The van der Waals surface area contributed by atoms with Crippen molar-refractivity contribution in [1.29, 1.82) is 0 Å². The molecule has 0 aromatic heterocycles. The van der Waals surface area contributed by atoms with Crippen molar-refractivity contribution in [2.75, 3.05) is 0 Å². The predicted molar refractivity (Wildman–Crippen MR) is 80.2 cm³/mol. The van der Waals surface area contributed by atoms with Crippen LogP contribution in [0.25, 0.3) is 0 Å². The number of hydrogen-bond acceptors (Lipinski definition) is 3.